The lowest BCUT2D eigenvalue weighted by atomic mass is 10.6. The smallest absolute Gasteiger partial charge is 0.104 e. The van der Waals surface area contributed by atoms with Crippen LogP contribution < -0.4 is 11.5 Å². The maximum atomic E-state index is 5.42. The lowest BCUT2D eigenvalue weighted by Gasteiger charge is -1.95. The number of rotatable bonds is 0. The van der Waals surface area contributed by atoms with Gasteiger partial charge in [-0.2, -0.15) is 0 Å². The second-order valence-corrected chi connectivity index (χ2v) is 1.74. The topological polar surface area (TPSA) is 57.0 Å². The Balaban J connectivity index is 3.19. The van der Waals surface area contributed by atoms with Gasteiger partial charge in [-0.05, 0) is 12.1 Å². The first-order valence-corrected chi connectivity index (χ1v) is 2.38. The van der Waals surface area contributed by atoms with Crippen molar-refractivity contribution in [1.29, 1.82) is 0 Å². The predicted octanol–water partition coefficient (Wildman–Crippen LogP) is 0.190. The van der Waals surface area contributed by atoms with Crippen molar-refractivity contribution in [3.05, 3.63) is 12.1 Å². The molecule has 0 saturated carbocycles. The normalized spacial score (nSPS) is 9.62. The van der Waals surface area contributed by atoms with Gasteiger partial charge in [0.15, 0.2) is 0 Å². The summed E-state index contributed by atoms with van der Waals surface area (Å²) in [7, 11) is 1.82. The van der Waals surface area contributed by atoms with Gasteiger partial charge in [0.25, 0.3) is 0 Å². The quantitative estimate of drug-likeness (QED) is 0.502. The zero-order valence-corrected chi connectivity index (χ0v) is 4.76. The van der Waals surface area contributed by atoms with Crippen molar-refractivity contribution in [2.75, 3.05) is 11.5 Å². The first-order valence-electron chi connectivity index (χ1n) is 2.38. The average Bonchev–Trinajstić information content (AvgIpc) is 1.98. The zero-order chi connectivity index (χ0) is 6.15. The van der Waals surface area contributed by atoms with Gasteiger partial charge in [0, 0.05) is 7.05 Å². The monoisotopic (exact) mass is 111 g/mol. The van der Waals surface area contributed by atoms with E-state index < -0.39 is 0 Å². The average molecular weight is 111 g/mol. The SMILES string of the molecule is Cn1c(N)ccc1N. The van der Waals surface area contributed by atoms with Crippen molar-refractivity contribution < 1.29 is 0 Å². The second-order valence-electron chi connectivity index (χ2n) is 1.74. The lowest BCUT2D eigenvalue weighted by molar-refractivity contribution is 0.955. The van der Waals surface area contributed by atoms with Crippen molar-refractivity contribution in [2.45, 2.75) is 0 Å². The molecule has 3 heteroatoms. The Kier molecular flexibility index (Phi) is 0.901. The highest BCUT2D eigenvalue weighted by Crippen LogP contribution is 2.08. The number of nitrogens with zero attached hydrogens (tertiary/aromatic N) is 1. The number of nitrogens with two attached hydrogens (primary N) is 2. The molecule has 0 atom stereocenters. The van der Waals surface area contributed by atoms with E-state index in [1.165, 1.54) is 0 Å². The third-order valence-electron chi connectivity index (χ3n) is 1.20. The Labute approximate surface area is 47.9 Å². The lowest BCUT2D eigenvalue weighted by Crippen LogP contribution is -1.99. The Hall–Kier alpha value is -1.12. The minimum atomic E-state index is 0.697. The molecule has 0 saturated heterocycles. The van der Waals surface area contributed by atoms with E-state index in [1.807, 2.05) is 7.05 Å². The number of anilines is 2. The van der Waals surface area contributed by atoms with E-state index in [1.54, 1.807) is 16.7 Å². The van der Waals surface area contributed by atoms with Crippen LogP contribution >= 0.6 is 0 Å². The fraction of sp³-hybridized carbons (Fsp3) is 0.200. The Morgan fingerprint density at radius 3 is 1.75 bits per heavy atom. The summed E-state index contributed by atoms with van der Waals surface area (Å²) >= 11 is 0. The standard InChI is InChI=1S/C5H9N3/c1-8-4(6)2-3-5(8)7/h2-3H,6-7H2,1H3. The molecule has 4 N–H and O–H groups in total. The van der Waals surface area contributed by atoms with Gasteiger partial charge in [0.05, 0.1) is 0 Å². The van der Waals surface area contributed by atoms with E-state index in [-0.39, 0.29) is 0 Å². The third kappa shape index (κ3) is 0.521. The molecule has 1 aromatic rings. The molecule has 0 spiro atoms. The summed E-state index contributed by atoms with van der Waals surface area (Å²) in [5.74, 6) is 1.39. The molecule has 0 radical (unpaired) electrons. The van der Waals surface area contributed by atoms with Crippen LogP contribution in [-0.4, -0.2) is 4.57 Å². The molecule has 1 heterocycles. The number of aromatic nitrogens is 1. The largest absolute Gasteiger partial charge is 0.385 e. The van der Waals surface area contributed by atoms with Crippen molar-refractivity contribution in [3.63, 3.8) is 0 Å². The molecule has 0 bridgehead atoms. The third-order valence-corrected chi connectivity index (χ3v) is 1.20. The maximum absolute atomic E-state index is 5.42. The van der Waals surface area contributed by atoms with Crippen LogP contribution in [0.1, 0.15) is 0 Å². The molecule has 8 heavy (non-hydrogen) atoms. The second kappa shape index (κ2) is 1.43. The summed E-state index contributed by atoms with van der Waals surface area (Å²) in [4.78, 5) is 0. The predicted molar refractivity (Wildman–Crippen MR) is 34.2 cm³/mol. The molecule has 0 aliphatic rings. The van der Waals surface area contributed by atoms with Crippen molar-refractivity contribution in [3.8, 4) is 0 Å². The molecule has 1 rings (SSSR count). The summed E-state index contributed by atoms with van der Waals surface area (Å²) in [5.41, 5.74) is 10.8. The highest BCUT2D eigenvalue weighted by molar-refractivity contribution is 5.44. The summed E-state index contributed by atoms with van der Waals surface area (Å²) in [6.07, 6.45) is 0. The first-order chi connectivity index (χ1) is 3.72. The molecule has 3 nitrogen and oxygen atoms in total. The van der Waals surface area contributed by atoms with Crippen LogP contribution in [0.15, 0.2) is 12.1 Å². The van der Waals surface area contributed by atoms with Crippen LogP contribution in [0, 0.1) is 0 Å². The number of hydrogen-bond acceptors (Lipinski definition) is 2. The zero-order valence-electron chi connectivity index (χ0n) is 4.76. The van der Waals surface area contributed by atoms with Gasteiger partial charge < -0.3 is 16.0 Å². The van der Waals surface area contributed by atoms with Gasteiger partial charge in [-0.15, -0.1) is 0 Å². The number of nitrogen functional groups attached to an aromatic ring is 2. The molecule has 0 aliphatic carbocycles. The molecule has 0 amide bonds. The molecule has 0 fully saturated rings. The van der Waals surface area contributed by atoms with Crippen LogP contribution in [0.25, 0.3) is 0 Å². The Morgan fingerprint density at radius 2 is 1.62 bits per heavy atom. The molecule has 0 unspecified atom stereocenters. The van der Waals surface area contributed by atoms with Gasteiger partial charge in [-0.1, -0.05) is 0 Å². The van der Waals surface area contributed by atoms with Gasteiger partial charge >= 0.3 is 0 Å². The van der Waals surface area contributed by atoms with Crippen molar-refractivity contribution in [1.82, 2.24) is 4.57 Å². The Morgan fingerprint density at radius 1 is 1.25 bits per heavy atom. The maximum Gasteiger partial charge on any atom is 0.104 e. The molecular formula is C5H9N3. The minimum Gasteiger partial charge on any atom is -0.385 e. The van der Waals surface area contributed by atoms with E-state index in [9.17, 15) is 0 Å². The van der Waals surface area contributed by atoms with E-state index >= 15 is 0 Å². The fourth-order valence-corrected chi connectivity index (χ4v) is 0.543. The molecular weight excluding hydrogens is 102 g/mol. The van der Waals surface area contributed by atoms with E-state index in [0.29, 0.717) is 11.6 Å². The Bertz CT molecular complexity index is 170. The van der Waals surface area contributed by atoms with Gasteiger partial charge in [-0.3, -0.25) is 0 Å². The van der Waals surface area contributed by atoms with Gasteiger partial charge in [-0.25, -0.2) is 0 Å². The van der Waals surface area contributed by atoms with Gasteiger partial charge in [0.1, 0.15) is 11.6 Å². The fourth-order valence-electron chi connectivity index (χ4n) is 0.543. The molecule has 0 aliphatic heterocycles. The van der Waals surface area contributed by atoms with E-state index in [4.69, 9.17) is 11.5 Å². The first kappa shape index (κ1) is 5.03. The van der Waals surface area contributed by atoms with Crippen molar-refractivity contribution >= 4 is 11.6 Å². The van der Waals surface area contributed by atoms with Crippen LogP contribution in [0.5, 0.6) is 0 Å². The highest BCUT2D eigenvalue weighted by atomic mass is 15.1. The van der Waals surface area contributed by atoms with E-state index in [2.05, 4.69) is 0 Å². The highest BCUT2D eigenvalue weighted by Gasteiger charge is 1.92. The molecule has 44 valence electrons. The summed E-state index contributed by atoms with van der Waals surface area (Å²) in [6, 6.07) is 3.55. The van der Waals surface area contributed by atoms with Crippen LogP contribution in [0.2, 0.25) is 0 Å². The molecule has 0 aromatic carbocycles. The van der Waals surface area contributed by atoms with Crippen molar-refractivity contribution in [2.24, 2.45) is 7.05 Å². The van der Waals surface area contributed by atoms with E-state index in [0.717, 1.165) is 0 Å². The summed E-state index contributed by atoms with van der Waals surface area (Å²) < 4.78 is 1.72. The van der Waals surface area contributed by atoms with Crippen LogP contribution in [-0.2, 0) is 7.05 Å². The molecule has 1 aromatic heterocycles. The minimum absolute atomic E-state index is 0.697. The summed E-state index contributed by atoms with van der Waals surface area (Å²) in [5, 5.41) is 0. The number of hydrogen-bond donors (Lipinski definition) is 2. The van der Waals surface area contributed by atoms with Gasteiger partial charge in [0.2, 0.25) is 0 Å². The summed E-state index contributed by atoms with van der Waals surface area (Å²) in [6.45, 7) is 0. The van der Waals surface area contributed by atoms with Crippen LogP contribution in [0.3, 0.4) is 0 Å². The van der Waals surface area contributed by atoms with Crippen LogP contribution in [0.4, 0.5) is 11.6 Å².